The number of carbonyl (C=O) groups is 2. The SMILES string of the molecule is O=C(O)c1ccc(CNC(=O)N2CC3(CCC3)c3ccccc32)cc1. The number of carboxylic acids is 1. The molecule has 1 aliphatic carbocycles. The maximum atomic E-state index is 12.7. The number of fused-ring (bicyclic) bond motifs is 2. The van der Waals surface area contributed by atoms with E-state index < -0.39 is 5.97 Å². The summed E-state index contributed by atoms with van der Waals surface area (Å²) in [5, 5.41) is 11.9. The van der Waals surface area contributed by atoms with Crippen LogP contribution in [0.3, 0.4) is 0 Å². The fourth-order valence-electron chi connectivity index (χ4n) is 3.88. The van der Waals surface area contributed by atoms with E-state index in [0.29, 0.717) is 6.54 Å². The number of hydrogen-bond donors (Lipinski definition) is 2. The molecular weight excluding hydrogens is 316 g/mol. The van der Waals surface area contributed by atoms with Gasteiger partial charge in [0.15, 0.2) is 0 Å². The first kappa shape index (κ1) is 15.7. The summed E-state index contributed by atoms with van der Waals surface area (Å²) < 4.78 is 0. The number of urea groups is 1. The molecule has 5 heteroatoms. The fourth-order valence-corrected chi connectivity index (χ4v) is 3.88. The van der Waals surface area contributed by atoms with Crippen molar-refractivity contribution < 1.29 is 14.7 Å². The van der Waals surface area contributed by atoms with Crippen LogP contribution in [0.15, 0.2) is 48.5 Å². The third-order valence-electron chi connectivity index (χ3n) is 5.43. The molecule has 128 valence electrons. The van der Waals surface area contributed by atoms with Gasteiger partial charge < -0.3 is 10.4 Å². The summed E-state index contributed by atoms with van der Waals surface area (Å²) >= 11 is 0. The Morgan fingerprint density at radius 3 is 2.44 bits per heavy atom. The Morgan fingerprint density at radius 2 is 1.80 bits per heavy atom. The quantitative estimate of drug-likeness (QED) is 0.901. The summed E-state index contributed by atoms with van der Waals surface area (Å²) in [6, 6.07) is 14.7. The average molecular weight is 336 g/mol. The Labute approximate surface area is 146 Å². The van der Waals surface area contributed by atoms with Gasteiger partial charge in [0.2, 0.25) is 0 Å². The number of benzene rings is 2. The van der Waals surface area contributed by atoms with Crippen molar-refractivity contribution in [3.8, 4) is 0 Å². The monoisotopic (exact) mass is 336 g/mol. The zero-order valence-corrected chi connectivity index (χ0v) is 13.9. The second-order valence-electron chi connectivity index (χ2n) is 6.90. The minimum atomic E-state index is -0.949. The normalized spacial score (nSPS) is 17.0. The molecule has 1 saturated carbocycles. The van der Waals surface area contributed by atoms with E-state index in [1.807, 2.05) is 23.1 Å². The van der Waals surface area contributed by atoms with Crippen molar-refractivity contribution >= 4 is 17.7 Å². The molecule has 0 atom stereocenters. The summed E-state index contributed by atoms with van der Waals surface area (Å²) in [6.45, 7) is 1.13. The van der Waals surface area contributed by atoms with Crippen LogP contribution in [0.5, 0.6) is 0 Å². The highest BCUT2D eigenvalue weighted by atomic mass is 16.4. The van der Waals surface area contributed by atoms with Crippen molar-refractivity contribution in [3.05, 3.63) is 65.2 Å². The van der Waals surface area contributed by atoms with Crippen LogP contribution in [0.2, 0.25) is 0 Å². The predicted octanol–water partition coefficient (Wildman–Crippen LogP) is 3.54. The molecule has 25 heavy (non-hydrogen) atoms. The van der Waals surface area contributed by atoms with Crippen LogP contribution in [0.25, 0.3) is 0 Å². The van der Waals surface area contributed by atoms with Crippen LogP contribution < -0.4 is 10.2 Å². The molecule has 2 aromatic rings. The van der Waals surface area contributed by atoms with Gasteiger partial charge in [-0.05, 0) is 42.2 Å². The lowest BCUT2D eigenvalue weighted by Crippen LogP contribution is -2.45. The molecule has 2 N–H and O–H groups in total. The van der Waals surface area contributed by atoms with E-state index in [2.05, 4.69) is 11.4 Å². The Hall–Kier alpha value is -2.82. The van der Waals surface area contributed by atoms with E-state index in [1.54, 1.807) is 24.3 Å². The molecule has 1 aliphatic heterocycles. The van der Waals surface area contributed by atoms with Crippen molar-refractivity contribution in [1.82, 2.24) is 5.32 Å². The first-order valence-electron chi connectivity index (χ1n) is 8.56. The molecule has 2 aliphatic rings. The lowest BCUT2D eigenvalue weighted by atomic mass is 9.66. The summed E-state index contributed by atoms with van der Waals surface area (Å²) in [5.41, 5.74) is 3.58. The number of para-hydroxylation sites is 1. The zero-order chi connectivity index (χ0) is 17.4. The molecule has 4 rings (SSSR count). The molecule has 0 radical (unpaired) electrons. The zero-order valence-electron chi connectivity index (χ0n) is 13.9. The highest BCUT2D eigenvalue weighted by molar-refractivity contribution is 5.95. The van der Waals surface area contributed by atoms with Crippen molar-refractivity contribution in [2.75, 3.05) is 11.4 Å². The molecule has 2 amide bonds. The maximum Gasteiger partial charge on any atom is 0.335 e. The summed E-state index contributed by atoms with van der Waals surface area (Å²) in [4.78, 5) is 25.4. The molecule has 1 heterocycles. The highest BCUT2D eigenvalue weighted by Crippen LogP contribution is 2.52. The molecule has 2 aromatic carbocycles. The number of rotatable bonds is 3. The van der Waals surface area contributed by atoms with E-state index in [-0.39, 0.29) is 17.0 Å². The van der Waals surface area contributed by atoms with Crippen molar-refractivity contribution in [2.45, 2.75) is 31.2 Å². The molecule has 0 aromatic heterocycles. The number of hydrogen-bond acceptors (Lipinski definition) is 2. The topological polar surface area (TPSA) is 69.6 Å². The van der Waals surface area contributed by atoms with Crippen LogP contribution in [0.4, 0.5) is 10.5 Å². The Bertz CT molecular complexity index is 825. The van der Waals surface area contributed by atoms with E-state index in [1.165, 1.54) is 12.0 Å². The second-order valence-corrected chi connectivity index (χ2v) is 6.90. The number of amides is 2. The predicted molar refractivity (Wildman–Crippen MR) is 95.0 cm³/mol. The molecule has 1 fully saturated rings. The van der Waals surface area contributed by atoms with Crippen LogP contribution in [-0.2, 0) is 12.0 Å². The first-order valence-corrected chi connectivity index (χ1v) is 8.56. The van der Waals surface area contributed by atoms with E-state index in [0.717, 1.165) is 30.6 Å². The summed E-state index contributed by atoms with van der Waals surface area (Å²) in [7, 11) is 0. The average Bonchev–Trinajstić information content (AvgIpc) is 2.96. The van der Waals surface area contributed by atoms with Gasteiger partial charge in [0, 0.05) is 24.2 Å². The van der Waals surface area contributed by atoms with Gasteiger partial charge in [0.25, 0.3) is 0 Å². The minimum Gasteiger partial charge on any atom is -0.478 e. The summed E-state index contributed by atoms with van der Waals surface area (Å²) in [6.07, 6.45) is 3.51. The maximum absolute atomic E-state index is 12.7. The van der Waals surface area contributed by atoms with Gasteiger partial charge in [-0.25, -0.2) is 9.59 Å². The highest BCUT2D eigenvalue weighted by Gasteiger charge is 2.48. The van der Waals surface area contributed by atoms with Crippen LogP contribution >= 0.6 is 0 Å². The number of anilines is 1. The number of carboxylic acid groups (broad SMARTS) is 1. The summed E-state index contributed by atoms with van der Waals surface area (Å²) in [5.74, 6) is -0.949. The third kappa shape index (κ3) is 2.65. The number of carbonyl (C=O) groups excluding carboxylic acids is 1. The molecular formula is C20H20N2O3. The molecule has 0 bridgehead atoms. The standard InChI is InChI=1S/C20H20N2O3/c23-18(24)15-8-6-14(7-9-15)12-21-19(25)22-13-20(10-3-11-20)16-4-1-2-5-17(16)22/h1-2,4-9H,3,10-13H2,(H,21,25)(H,23,24). The van der Waals surface area contributed by atoms with E-state index in [9.17, 15) is 9.59 Å². The second kappa shape index (κ2) is 5.92. The Kier molecular flexibility index (Phi) is 3.71. The lowest BCUT2D eigenvalue weighted by Gasteiger charge is -2.38. The van der Waals surface area contributed by atoms with Crippen molar-refractivity contribution in [2.24, 2.45) is 0 Å². The van der Waals surface area contributed by atoms with Gasteiger partial charge in [-0.3, -0.25) is 4.90 Å². The van der Waals surface area contributed by atoms with Crippen LogP contribution in [0, 0.1) is 0 Å². The van der Waals surface area contributed by atoms with Gasteiger partial charge in [0.1, 0.15) is 0 Å². The molecule has 1 spiro atoms. The number of nitrogens with zero attached hydrogens (tertiary/aromatic N) is 1. The van der Waals surface area contributed by atoms with Gasteiger partial charge >= 0.3 is 12.0 Å². The van der Waals surface area contributed by atoms with Gasteiger partial charge in [0.05, 0.1) is 5.56 Å². The van der Waals surface area contributed by atoms with E-state index in [4.69, 9.17) is 5.11 Å². The molecule has 5 nitrogen and oxygen atoms in total. The first-order chi connectivity index (χ1) is 12.1. The fraction of sp³-hybridized carbons (Fsp3) is 0.300. The number of aromatic carboxylic acids is 1. The van der Waals surface area contributed by atoms with Crippen molar-refractivity contribution in [1.29, 1.82) is 0 Å². The van der Waals surface area contributed by atoms with Crippen molar-refractivity contribution in [3.63, 3.8) is 0 Å². The molecule has 0 saturated heterocycles. The Balaban J connectivity index is 1.46. The molecule has 0 unspecified atom stereocenters. The van der Waals surface area contributed by atoms with Gasteiger partial charge in [-0.1, -0.05) is 36.8 Å². The van der Waals surface area contributed by atoms with Gasteiger partial charge in [-0.2, -0.15) is 0 Å². The third-order valence-corrected chi connectivity index (χ3v) is 5.43. The minimum absolute atomic E-state index is 0.0986. The van der Waals surface area contributed by atoms with Gasteiger partial charge in [-0.15, -0.1) is 0 Å². The Morgan fingerprint density at radius 1 is 1.08 bits per heavy atom. The van der Waals surface area contributed by atoms with Crippen LogP contribution in [-0.4, -0.2) is 23.7 Å². The number of nitrogens with one attached hydrogen (secondary N) is 1. The lowest BCUT2D eigenvalue weighted by molar-refractivity contribution is 0.0697. The van der Waals surface area contributed by atoms with Crippen LogP contribution in [0.1, 0.15) is 40.7 Å². The largest absolute Gasteiger partial charge is 0.478 e. The van der Waals surface area contributed by atoms with E-state index >= 15 is 0 Å². The smallest absolute Gasteiger partial charge is 0.335 e.